The van der Waals surface area contributed by atoms with Crippen LogP contribution in [0.4, 0.5) is 0 Å². The fraction of sp³-hybridized carbons (Fsp3) is 0.905. The van der Waals surface area contributed by atoms with E-state index in [2.05, 4.69) is 41.2 Å². The molecule has 2 rings (SSSR count). The second-order valence-electron chi connectivity index (χ2n) is 8.63. The van der Waals surface area contributed by atoms with Gasteiger partial charge in [0.15, 0.2) is 5.96 Å². The number of piperazine rings is 1. The van der Waals surface area contributed by atoms with Crippen molar-refractivity contribution in [1.29, 1.82) is 0 Å². The first kappa shape index (κ1) is 22.9. The number of likely N-dealkylation sites (N-methyl/N-ethyl adjacent to an activating group) is 1. The molecule has 2 aliphatic heterocycles. The third kappa shape index (κ3) is 7.24. The predicted molar refractivity (Wildman–Crippen MR) is 117 cm³/mol. The minimum Gasteiger partial charge on any atom is -0.357 e. The maximum Gasteiger partial charge on any atom is 0.225 e. The lowest BCUT2D eigenvalue weighted by atomic mass is 10.1. The SMILES string of the molecule is CCNC(=NCC(C)CN1CCN(CC)CC1)NC1CCN(C(=O)C(C)C)C1. The highest BCUT2D eigenvalue weighted by atomic mass is 16.2. The number of nitrogens with zero attached hydrogens (tertiary/aromatic N) is 4. The Morgan fingerprint density at radius 2 is 1.75 bits per heavy atom. The third-order valence-electron chi connectivity index (χ3n) is 5.72. The molecule has 2 fully saturated rings. The smallest absolute Gasteiger partial charge is 0.225 e. The first-order valence-corrected chi connectivity index (χ1v) is 11.2. The molecule has 28 heavy (non-hydrogen) atoms. The number of nitrogens with one attached hydrogen (secondary N) is 2. The van der Waals surface area contributed by atoms with Crippen LogP contribution in [0.3, 0.4) is 0 Å². The molecule has 0 aromatic carbocycles. The largest absolute Gasteiger partial charge is 0.357 e. The summed E-state index contributed by atoms with van der Waals surface area (Å²) in [6.07, 6.45) is 0.986. The van der Waals surface area contributed by atoms with Gasteiger partial charge in [0.05, 0.1) is 0 Å². The maximum atomic E-state index is 12.2. The normalized spacial score (nSPS) is 23.3. The highest BCUT2D eigenvalue weighted by molar-refractivity contribution is 5.81. The van der Waals surface area contributed by atoms with Crippen LogP contribution in [-0.4, -0.2) is 98.1 Å². The molecule has 2 aliphatic rings. The second-order valence-corrected chi connectivity index (χ2v) is 8.63. The molecule has 2 saturated heterocycles. The highest BCUT2D eigenvalue weighted by Crippen LogP contribution is 2.13. The van der Waals surface area contributed by atoms with Gasteiger partial charge in [0.2, 0.25) is 5.91 Å². The molecule has 0 bridgehead atoms. The number of amides is 1. The van der Waals surface area contributed by atoms with Gasteiger partial charge in [-0.15, -0.1) is 0 Å². The van der Waals surface area contributed by atoms with Crippen molar-refractivity contribution in [3.8, 4) is 0 Å². The van der Waals surface area contributed by atoms with Crippen molar-refractivity contribution in [2.24, 2.45) is 16.8 Å². The van der Waals surface area contributed by atoms with Gasteiger partial charge in [-0.1, -0.05) is 27.7 Å². The van der Waals surface area contributed by atoms with E-state index in [-0.39, 0.29) is 17.9 Å². The fourth-order valence-corrected chi connectivity index (χ4v) is 3.99. The zero-order valence-electron chi connectivity index (χ0n) is 18.7. The van der Waals surface area contributed by atoms with E-state index >= 15 is 0 Å². The van der Waals surface area contributed by atoms with Crippen LogP contribution in [0.15, 0.2) is 4.99 Å². The lowest BCUT2D eigenvalue weighted by Gasteiger charge is -2.35. The molecule has 2 heterocycles. The zero-order valence-corrected chi connectivity index (χ0v) is 18.7. The molecule has 0 aliphatic carbocycles. The minimum atomic E-state index is 0.0701. The third-order valence-corrected chi connectivity index (χ3v) is 5.72. The van der Waals surface area contributed by atoms with E-state index in [1.807, 2.05) is 18.7 Å². The summed E-state index contributed by atoms with van der Waals surface area (Å²) in [7, 11) is 0. The summed E-state index contributed by atoms with van der Waals surface area (Å²) < 4.78 is 0. The van der Waals surface area contributed by atoms with E-state index in [9.17, 15) is 4.79 Å². The Labute approximate surface area is 171 Å². The molecule has 7 nitrogen and oxygen atoms in total. The van der Waals surface area contributed by atoms with Gasteiger partial charge >= 0.3 is 0 Å². The lowest BCUT2D eigenvalue weighted by molar-refractivity contribution is -0.133. The molecule has 162 valence electrons. The van der Waals surface area contributed by atoms with Crippen LogP contribution in [0.5, 0.6) is 0 Å². The molecule has 0 saturated carbocycles. The monoisotopic (exact) mass is 394 g/mol. The van der Waals surface area contributed by atoms with Crippen LogP contribution in [0.2, 0.25) is 0 Å². The van der Waals surface area contributed by atoms with E-state index in [0.717, 1.165) is 51.6 Å². The van der Waals surface area contributed by atoms with Crippen molar-refractivity contribution in [1.82, 2.24) is 25.3 Å². The Morgan fingerprint density at radius 1 is 1.07 bits per heavy atom. The molecule has 2 N–H and O–H groups in total. The molecule has 0 radical (unpaired) electrons. The number of carbonyl (C=O) groups excluding carboxylic acids is 1. The van der Waals surface area contributed by atoms with E-state index in [1.165, 1.54) is 26.2 Å². The first-order chi connectivity index (χ1) is 13.4. The fourth-order valence-electron chi connectivity index (χ4n) is 3.99. The van der Waals surface area contributed by atoms with Crippen molar-refractivity contribution < 1.29 is 4.79 Å². The molecule has 2 atom stereocenters. The van der Waals surface area contributed by atoms with Gasteiger partial charge in [-0.3, -0.25) is 9.79 Å². The molecule has 7 heteroatoms. The van der Waals surface area contributed by atoms with Crippen LogP contribution in [0.25, 0.3) is 0 Å². The van der Waals surface area contributed by atoms with E-state index in [1.54, 1.807) is 0 Å². The predicted octanol–water partition coefficient (Wildman–Crippen LogP) is 1.07. The number of rotatable bonds is 8. The Balaban J connectivity index is 1.78. The average molecular weight is 395 g/mol. The van der Waals surface area contributed by atoms with Crippen molar-refractivity contribution >= 4 is 11.9 Å². The van der Waals surface area contributed by atoms with Crippen LogP contribution >= 0.6 is 0 Å². The topological polar surface area (TPSA) is 63.2 Å². The number of guanidine groups is 1. The highest BCUT2D eigenvalue weighted by Gasteiger charge is 2.28. The second kappa shape index (κ2) is 11.6. The minimum absolute atomic E-state index is 0.0701. The molecule has 2 unspecified atom stereocenters. The van der Waals surface area contributed by atoms with Crippen LogP contribution in [-0.2, 0) is 4.79 Å². The van der Waals surface area contributed by atoms with Gasteiger partial charge in [0, 0.05) is 70.9 Å². The number of hydrogen-bond donors (Lipinski definition) is 2. The van der Waals surface area contributed by atoms with Gasteiger partial charge in [-0.05, 0) is 25.8 Å². The van der Waals surface area contributed by atoms with Gasteiger partial charge in [0.25, 0.3) is 0 Å². The van der Waals surface area contributed by atoms with E-state index in [4.69, 9.17) is 4.99 Å². The zero-order chi connectivity index (χ0) is 20.5. The quantitative estimate of drug-likeness (QED) is 0.476. The van der Waals surface area contributed by atoms with Crippen molar-refractivity contribution in [3.05, 3.63) is 0 Å². The Hall–Kier alpha value is -1.34. The first-order valence-electron chi connectivity index (χ1n) is 11.2. The van der Waals surface area contributed by atoms with E-state index in [0.29, 0.717) is 5.92 Å². The van der Waals surface area contributed by atoms with E-state index < -0.39 is 0 Å². The van der Waals surface area contributed by atoms with Gasteiger partial charge < -0.3 is 25.3 Å². The summed E-state index contributed by atoms with van der Waals surface area (Å²) in [6, 6.07) is 0.290. The Kier molecular flexibility index (Phi) is 9.51. The summed E-state index contributed by atoms with van der Waals surface area (Å²) in [5, 5.41) is 6.90. The van der Waals surface area contributed by atoms with Gasteiger partial charge in [0.1, 0.15) is 0 Å². The number of aliphatic imine (C=N–C) groups is 1. The number of hydrogen-bond acceptors (Lipinski definition) is 4. The van der Waals surface area contributed by atoms with Crippen molar-refractivity contribution in [3.63, 3.8) is 0 Å². The number of carbonyl (C=O) groups is 1. The average Bonchev–Trinajstić information content (AvgIpc) is 3.14. The molecule has 0 aromatic rings. The number of likely N-dealkylation sites (tertiary alicyclic amines) is 1. The van der Waals surface area contributed by atoms with Gasteiger partial charge in [-0.2, -0.15) is 0 Å². The molecule has 0 aromatic heterocycles. The Bertz CT molecular complexity index is 501. The van der Waals surface area contributed by atoms with Crippen molar-refractivity contribution in [2.45, 2.75) is 47.1 Å². The van der Waals surface area contributed by atoms with Gasteiger partial charge in [-0.25, -0.2) is 0 Å². The van der Waals surface area contributed by atoms with Crippen LogP contribution in [0.1, 0.15) is 41.0 Å². The summed E-state index contributed by atoms with van der Waals surface area (Å²) in [6.45, 7) is 20.8. The maximum absolute atomic E-state index is 12.2. The van der Waals surface area contributed by atoms with Crippen molar-refractivity contribution in [2.75, 3.05) is 65.4 Å². The van der Waals surface area contributed by atoms with Crippen LogP contribution in [0, 0.1) is 11.8 Å². The molecular weight excluding hydrogens is 352 g/mol. The molecular formula is C21H42N6O. The summed E-state index contributed by atoms with van der Waals surface area (Å²) in [4.78, 5) is 24.1. The lowest BCUT2D eigenvalue weighted by Crippen LogP contribution is -2.48. The Morgan fingerprint density at radius 3 is 2.36 bits per heavy atom. The summed E-state index contributed by atoms with van der Waals surface area (Å²) >= 11 is 0. The standard InChI is InChI=1S/C21H42N6O/c1-6-22-21(24-19-8-9-27(16-19)20(28)17(3)4)23-14-18(5)15-26-12-10-25(7-2)11-13-26/h17-19H,6-16H2,1-5H3,(H2,22,23,24). The summed E-state index contributed by atoms with van der Waals surface area (Å²) in [5.74, 6) is 1.74. The van der Waals surface area contributed by atoms with Crippen LogP contribution < -0.4 is 10.6 Å². The molecule has 0 spiro atoms. The summed E-state index contributed by atoms with van der Waals surface area (Å²) in [5.41, 5.74) is 0. The molecule has 1 amide bonds.